The SMILES string of the molecule is N#Cc1cccc(-c2cc3c(-c4ccc5[nH]nc(N)c5c4)ccnc3[nH]2)c1. The summed E-state index contributed by atoms with van der Waals surface area (Å²) in [4.78, 5) is 7.82. The molecule has 0 bridgehead atoms. The molecule has 5 aromatic rings. The largest absolute Gasteiger partial charge is 0.382 e. The quantitative estimate of drug-likeness (QED) is 0.443. The van der Waals surface area contributed by atoms with Gasteiger partial charge in [-0.05, 0) is 53.1 Å². The van der Waals surface area contributed by atoms with E-state index in [1.165, 1.54) is 0 Å². The van der Waals surface area contributed by atoms with E-state index in [2.05, 4.69) is 32.3 Å². The molecule has 0 amide bonds. The van der Waals surface area contributed by atoms with Crippen LogP contribution >= 0.6 is 0 Å². The fraction of sp³-hybridized carbons (Fsp3) is 0. The van der Waals surface area contributed by atoms with Crippen molar-refractivity contribution in [2.24, 2.45) is 0 Å². The number of hydrogen-bond acceptors (Lipinski definition) is 4. The second-order valence-corrected chi connectivity index (χ2v) is 6.37. The van der Waals surface area contributed by atoms with E-state index in [9.17, 15) is 0 Å². The van der Waals surface area contributed by atoms with E-state index in [0.717, 1.165) is 44.3 Å². The molecule has 0 saturated heterocycles. The van der Waals surface area contributed by atoms with Crippen LogP contribution in [0.4, 0.5) is 5.82 Å². The van der Waals surface area contributed by atoms with Gasteiger partial charge in [0.1, 0.15) is 5.65 Å². The number of nitrogens with two attached hydrogens (primary N) is 1. The maximum absolute atomic E-state index is 9.14. The van der Waals surface area contributed by atoms with Crippen molar-refractivity contribution in [3.05, 3.63) is 66.4 Å². The molecule has 0 spiro atoms. The van der Waals surface area contributed by atoms with E-state index in [1.54, 1.807) is 12.3 Å². The lowest BCUT2D eigenvalue weighted by atomic mass is 10.0. The molecule has 6 heteroatoms. The first-order chi connectivity index (χ1) is 13.2. The average molecular weight is 350 g/mol. The summed E-state index contributed by atoms with van der Waals surface area (Å²) in [7, 11) is 0. The van der Waals surface area contributed by atoms with Crippen molar-refractivity contribution in [3.63, 3.8) is 0 Å². The Bertz CT molecular complexity index is 1350. The van der Waals surface area contributed by atoms with Gasteiger partial charge >= 0.3 is 0 Å². The van der Waals surface area contributed by atoms with Crippen LogP contribution in [-0.2, 0) is 0 Å². The number of benzene rings is 2. The van der Waals surface area contributed by atoms with E-state index < -0.39 is 0 Å². The molecule has 128 valence electrons. The van der Waals surface area contributed by atoms with Gasteiger partial charge in [0.05, 0.1) is 17.1 Å². The minimum absolute atomic E-state index is 0.486. The van der Waals surface area contributed by atoms with E-state index in [-0.39, 0.29) is 0 Å². The Labute approximate surface area is 154 Å². The number of aromatic amines is 2. The van der Waals surface area contributed by atoms with Crippen LogP contribution in [0.2, 0.25) is 0 Å². The molecule has 0 saturated carbocycles. The van der Waals surface area contributed by atoms with Gasteiger partial charge in [-0.2, -0.15) is 10.4 Å². The number of aromatic nitrogens is 4. The third-order valence-corrected chi connectivity index (χ3v) is 4.74. The molecule has 27 heavy (non-hydrogen) atoms. The van der Waals surface area contributed by atoms with E-state index in [1.807, 2.05) is 42.5 Å². The number of fused-ring (bicyclic) bond motifs is 2. The fourth-order valence-electron chi connectivity index (χ4n) is 3.39. The maximum atomic E-state index is 9.14. The molecule has 0 aliphatic rings. The molecule has 0 radical (unpaired) electrons. The molecule has 0 aliphatic heterocycles. The zero-order valence-corrected chi connectivity index (χ0v) is 14.2. The molecule has 4 N–H and O–H groups in total. The Balaban J connectivity index is 1.70. The zero-order valence-electron chi connectivity index (χ0n) is 14.2. The first-order valence-electron chi connectivity index (χ1n) is 8.45. The van der Waals surface area contributed by atoms with Crippen molar-refractivity contribution in [3.8, 4) is 28.5 Å². The first kappa shape index (κ1) is 15.2. The van der Waals surface area contributed by atoms with Crippen molar-refractivity contribution >= 4 is 27.8 Å². The topological polar surface area (TPSA) is 107 Å². The summed E-state index contributed by atoms with van der Waals surface area (Å²) in [6, 6.07) is 19.8. The summed E-state index contributed by atoms with van der Waals surface area (Å²) in [5.41, 5.74) is 12.3. The Morgan fingerprint density at radius 3 is 2.78 bits per heavy atom. The molecule has 3 heterocycles. The van der Waals surface area contributed by atoms with E-state index in [0.29, 0.717) is 11.4 Å². The number of anilines is 1. The number of rotatable bonds is 2. The minimum atomic E-state index is 0.486. The summed E-state index contributed by atoms with van der Waals surface area (Å²) in [6.07, 6.45) is 1.78. The van der Waals surface area contributed by atoms with Crippen LogP contribution < -0.4 is 5.73 Å². The highest BCUT2D eigenvalue weighted by molar-refractivity contribution is 5.99. The van der Waals surface area contributed by atoms with Gasteiger partial charge in [-0.15, -0.1) is 0 Å². The van der Waals surface area contributed by atoms with Crippen LogP contribution in [-0.4, -0.2) is 20.2 Å². The standard InChI is InChI=1S/C21H14N6/c22-11-12-2-1-3-14(8-12)19-10-16-15(6-7-24-21(16)25-19)13-4-5-18-17(9-13)20(23)27-26-18/h1-10H,(H,24,25)(H3,23,26,27). The second kappa shape index (κ2) is 5.71. The number of nitriles is 1. The average Bonchev–Trinajstić information content (AvgIpc) is 3.31. The summed E-state index contributed by atoms with van der Waals surface area (Å²) in [6.45, 7) is 0. The molecule has 2 aromatic carbocycles. The van der Waals surface area contributed by atoms with Crippen LogP contribution in [0.25, 0.3) is 44.3 Å². The smallest absolute Gasteiger partial charge is 0.153 e. The summed E-state index contributed by atoms with van der Waals surface area (Å²) >= 11 is 0. The van der Waals surface area contributed by atoms with Crippen molar-refractivity contribution in [1.29, 1.82) is 5.26 Å². The highest BCUT2D eigenvalue weighted by atomic mass is 15.1. The molecule has 0 fully saturated rings. The molecule has 6 nitrogen and oxygen atoms in total. The third kappa shape index (κ3) is 2.41. The zero-order chi connectivity index (χ0) is 18.4. The Morgan fingerprint density at radius 2 is 1.89 bits per heavy atom. The van der Waals surface area contributed by atoms with Gasteiger partial charge < -0.3 is 10.7 Å². The third-order valence-electron chi connectivity index (χ3n) is 4.74. The second-order valence-electron chi connectivity index (χ2n) is 6.37. The number of hydrogen-bond donors (Lipinski definition) is 3. The number of nitrogen functional groups attached to an aromatic ring is 1. The lowest BCUT2D eigenvalue weighted by Gasteiger charge is -2.03. The molecule has 0 atom stereocenters. The van der Waals surface area contributed by atoms with Crippen LogP contribution in [0.3, 0.4) is 0 Å². The van der Waals surface area contributed by atoms with Crippen molar-refractivity contribution in [2.75, 3.05) is 5.73 Å². The highest BCUT2D eigenvalue weighted by Crippen LogP contribution is 2.33. The van der Waals surface area contributed by atoms with Crippen molar-refractivity contribution in [1.82, 2.24) is 20.2 Å². The summed E-state index contributed by atoms with van der Waals surface area (Å²) in [5, 5.41) is 18.0. The van der Waals surface area contributed by atoms with Gasteiger partial charge in [0, 0.05) is 22.7 Å². The maximum Gasteiger partial charge on any atom is 0.153 e. The normalized spacial score (nSPS) is 11.1. The lowest BCUT2D eigenvalue weighted by Crippen LogP contribution is -1.85. The summed E-state index contributed by atoms with van der Waals surface area (Å²) < 4.78 is 0. The Morgan fingerprint density at radius 1 is 0.963 bits per heavy atom. The van der Waals surface area contributed by atoms with Gasteiger partial charge in [0.2, 0.25) is 0 Å². The van der Waals surface area contributed by atoms with Crippen LogP contribution in [0, 0.1) is 11.3 Å². The van der Waals surface area contributed by atoms with Crippen LogP contribution in [0.5, 0.6) is 0 Å². The molecule has 3 aromatic heterocycles. The predicted molar refractivity (Wildman–Crippen MR) is 106 cm³/mol. The highest BCUT2D eigenvalue weighted by Gasteiger charge is 2.12. The van der Waals surface area contributed by atoms with Gasteiger partial charge in [-0.25, -0.2) is 4.98 Å². The van der Waals surface area contributed by atoms with Gasteiger partial charge in [0.15, 0.2) is 5.82 Å². The lowest BCUT2D eigenvalue weighted by molar-refractivity contribution is 1.13. The van der Waals surface area contributed by atoms with Gasteiger partial charge in [-0.3, -0.25) is 5.10 Å². The van der Waals surface area contributed by atoms with Crippen molar-refractivity contribution < 1.29 is 0 Å². The molecule has 0 aliphatic carbocycles. The number of nitrogens with zero attached hydrogens (tertiary/aromatic N) is 3. The Kier molecular flexibility index (Phi) is 3.21. The van der Waals surface area contributed by atoms with Crippen molar-refractivity contribution in [2.45, 2.75) is 0 Å². The molecule has 5 rings (SSSR count). The Hall–Kier alpha value is -4.11. The van der Waals surface area contributed by atoms with Gasteiger partial charge in [0.25, 0.3) is 0 Å². The number of nitrogens with one attached hydrogen (secondary N) is 2. The van der Waals surface area contributed by atoms with Crippen LogP contribution in [0.1, 0.15) is 5.56 Å². The van der Waals surface area contributed by atoms with E-state index in [4.69, 9.17) is 11.0 Å². The first-order valence-corrected chi connectivity index (χ1v) is 8.45. The van der Waals surface area contributed by atoms with Crippen LogP contribution in [0.15, 0.2) is 60.8 Å². The fourth-order valence-corrected chi connectivity index (χ4v) is 3.39. The van der Waals surface area contributed by atoms with Gasteiger partial charge in [-0.1, -0.05) is 18.2 Å². The molecular weight excluding hydrogens is 336 g/mol. The molecular formula is C21H14N6. The minimum Gasteiger partial charge on any atom is -0.382 e. The predicted octanol–water partition coefficient (Wildman–Crippen LogP) is 4.23. The number of H-pyrrole nitrogens is 2. The van der Waals surface area contributed by atoms with E-state index >= 15 is 0 Å². The summed E-state index contributed by atoms with van der Waals surface area (Å²) in [5.74, 6) is 0.486. The number of pyridine rings is 1. The monoisotopic (exact) mass is 350 g/mol. The molecule has 0 unspecified atom stereocenters.